The number of rotatable bonds is 5. The van der Waals surface area contributed by atoms with Crippen molar-refractivity contribution in [3.05, 3.63) is 12.7 Å². The van der Waals surface area contributed by atoms with Crippen LogP contribution in [0.25, 0.3) is 0 Å². The molecule has 1 heterocycles. The maximum absolute atomic E-state index is 4.29. The van der Waals surface area contributed by atoms with E-state index in [9.17, 15) is 0 Å². The Balaban J connectivity index is 3.02. The summed E-state index contributed by atoms with van der Waals surface area (Å²) in [7, 11) is -1.37. The lowest BCUT2D eigenvalue weighted by atomic mass is 10.5. The maximum Gasteiger partial charge on any atom is 0.137 e. The lowest BCUT2D eigenvalue weighted by Gasteiger charge is -2.42. The molecular formula is C12H25N3Si. The van der Waals surface area contributed by atoms with Gasteiger partial charge < -0.3 is 0 Å². The summed E-state index contributed by atoms with van der Waals surface area (Å²) in [4.78, 5) is 4.06. The molecule has 0 aliphatic heterocycles. The van der Waals surface area contributed by atoms with Gasteiger partial charge in [0.25, 0.3) is 0 Å². The van der Waals surface area contributed by atoms with Gasteiger partial charge in [-0.1, -0.05) is 41.5 Å². The summed E-state index contributed by atoms with van der Waals surface area (Å²) in [5.41, 5.74) is 2.32. The van der Waals surface area contributed by atoms with Crippen LogP contribution in [0.5, 0.6) is 0 Å². The van der Waals surface area contributed by atoms with Gasteiger partial charge >= 0.3 is 0 Å². The van der Waals surface area contributed by atoms with E-state index >= 15 is 0 Å². The smallest absolute Gasteiger partial charge is 0.137 e. The van der Waals surface area contributed by atoms with Crippen LogP contribution in [0.1, 0.15) is 41.5 Å². The summed E-state index contributed by atoms with van der Waals surface area (Å²) >= 11 is 0. The van der Waals surface area contributed by atoms with Gasteiger partial charge in [0.05, 0.1) is 8.07 Å². The minimum Gasteiger partial charge on any atom is -0.256 e. The topological polar surface area (TPSA) is 30.7 Å². The molecule has 0 amide bonds. The first-order valence-corrected chi connectivity index (χ1v) is 8.67. The Morgan fingerprint density at radius 2 is 1.50 bits per heavy atom. The Hall–Kier alpha value is -0.643. The molecule has 0 aliphatic carbocycles. The number of aromatic nitrogens is 3. The van der Waals surface area contributed by atoms with E-state index in [0.29, 0.717) is 0 Å². The van der Waals surface area contributed by atoms with Crippen molar-refractivity contribution in [2.24, 2.45) is 0 Å². The number of hydrogen-bond donors (Lipinski definition) is 0. The van der Waals surface area contributed by atoms with Gasteiger partial charge in [-0.05, 0) is 16.6 Å². The largest absolute Gasteiger partial charge is 0.256 e. The van der Waals surface area contributed by atoms with E-state index in [4.69, 9.17) is 0 Å². The van der Waals surface area contributed by atoms with Gasteiger partial charge in [0.1, 0.15) is 12.7 Å². The summed E-state index contributed by atoms with van der Waals surface area (Å²) in [6.07, 6.45) is 4.59. The molecule has 3 nitrogen and oxygen atoms in total. The van der Waals surface area contributed by atoms with Crippen LogP contribution in [0.3, 0.4) is 0 Å². The van der Waals surface area contributed by atoms with Crippen LogP contribution in [-0.4, -0.2) is 22.8 Å². The highest BCUT2D eigenvalue weighted by Gasteiger charge is 2.43. The molecule has 0 aromatic carbocycles. The Bertz CT molecular complexity index is 282. The maximum atomic E-state index is 4.29. The third-order valence-electron chi connectivity index (χ3n) is 4.13. The number of hydrogen-bond acceptors (Lipinski definition) is 2. The van der Waals surface area contributed by atoms with Crippen LogP contribution in [0.2, 0.25) is 16.6 Å². The first-order chi connectivity index (χ1) is 7.41. The van der Waals surface area contributed by atoms with Gasteiger partial charge in [-0.15, -0.1) is 0 Å². The summed E-state index contributed by atoms with van der Waals surface area (Å²) < 4.78 is 2.03. The van der Waals surface area contributed by atoms with Gasteiger partial charge in [0.15, 0.2) is 0 Å². The van der Waals surface area contributed by atoms with Gasteiger partial charge in [-0.2, -0.15) is 5.10 Å². The fourth-order valence-corrected chi connectivity index (χ4v) is 8.96. The van der Waals surface area contributed by atoms with E-state index in [1.165, 1.54) is 0 Å². The van der Waals surface area contributed by atoms with Gasteiger partial charge in [0, 0.05) is 6.17 Å². The average Bonchev–Trinajstić information content (AvgIpc) is 2.64. The van der Waals surface area contributed by atoms with Crippen molar-refractivity contribution in [3.63, 3.8) is 0 Å². The predicted molar refractivity (Wildman–Crippen MR) is 71.1 cm³/mol. The van der Waals surface area contributed by atoms with Crippen molar-refractivity contribution in [3.8, 4) is 0 Å². The summed E-state index contributed by atoms with van der Waals surface area (Å²) in [6, 6.07) is 0. The molecule has 0 N–H and O–H groups in total. The molecule has 0 bridgehead atoms. The fourth-order valence-electron chi connectivity index (χ4n) is 3.14. The van der Waals surface area contributed by atoms with Crippen molar-refractivity contribution in [1.29, 1.82) is 0 Å². The van der Waals surface area contributed by atoms with Crippen molar-refractivity contribution < 1.29 is 0 Å². The SMILES string of the molecule is CC(C)[Si](Cn1cncn1)(C(C)C)C(C)C. The molecule has 0 aliphatic rings. The van der Waals surface area contributed by atoms with Crippen molar-refractivity contribution in [1.82, 2.24) is 14.8 Å². The van der Waals surface area contributed by atoms with Gasteiger partial charge in [0.2, 0.25) is 0 Å². The molecule has 1 aromatic rings. The van der Waals surface area contributed by atoms with Crippen LogP contribution >= 0.6 is 0 Å². The molecule has 1 aromatic heterocycles. The Morgan fingerprint density at radius 1 is 1.00 bits per heavy atom. The van der Waals surface area contributed by atoms with Crippen molar-refractivity contribution in [2.45, 2.75) is 64.3 Å². The van der Waals surface area contributed by atoms with Gasteiger partial charge in [-0.25, -0.2) is 4.98 Å². The van der Waals surface area contributed by atoms with Crippen LogP contribution in [0, 0.1) is 0 Å². The quantitative estimate of drug-likeness (QED) is 0.736. The minimum absolute atomic E-state index is 0.775. The molecule has 0 fully saturated rings. The highest BCUT2D eigenvalue weighted by molar-refractivity contribution is 6.82. The zero-order valence-corrected chi connectivity index (χ0v) is 12.4. The van der Waals surface area contributed by atoms with E-state index in [2.05, 4.69) is 51.6 Å². The van der Waals surface area contributed by atoms with E-state index < -0.39 is 8.07 Å². The Kier molecular flexibility index (Phi) is 4.30. The highest BCUT2D eigenvalue weighted by Crippen LogP contribution is 2.42. The molecule has 0 radical (unpaired) electrons. The monoisotopic (exact) mass is 239 g/mol. The molecule has 0 unspecified atom stereocenters. The molecule has 16 heavy (non-hydrogen) atoms. The normalized spacial score (nSPS) is 13.1. The van der Waals surface area contributed by atoms with Crippen LogP contribution < -0.4 is 0 Å². The number of nitrogens with zero attached hydrogens (tertiary/aromatic N) is 3. The highest BCUT2D eigenvalue weighted by atomic mass is 28.3. The lowest BCUT2D eigenvalue weighted by Crippen LogP contribution is -2.48. The Morgan fingerprint density at radius 3 is 1.81 bits per heavy atom. The van der Waals surface area contributed by atoms with Crippen LogP contribution in [-0.2, 0) is 6.17 Å². The summed E-state index contributed by atoms with van der Waals surface area (Å²) in [6.45, 7) is 14.3. The average molecular weight is 239 g/mol. The van der Waals surface area contributed by atoms with E-state index in [1.807, 2.05) is 11.0 Å². The van der Waals surface area contributed by atoms with E-state index in [0.717, 1.165) is 22.8 Å². The molecule has 92 valence electrons. The second-order valence-corrected chi connectivity index (χ2v) is 11.7. The third kappa shape index (κ3) is 2.37. The van der Waals surface area contributed by atoms with Gasteiger partial charge in [-0.3, -0.25) is 4.68 Å². The zero-order valence-electron chi connectivity index (χ0n) is 11.4. The molecule has 0 spiro atoms. The van der Waals surface area contributed by atoms with Crippen molar-refractivity contribution in [2.75, 3.05) is 0 Å². The van der Waals surface area contributed by atoms with Crippen molar-refractivity contribution >= 4 is 8.07 Å². The molecule has 4 heteroatoms. The van der Waals surface area contributed by atoms with Crippen LogP contribution in [0.15, 0.2) is 12.7 Å². The van der Waals surface area contributed by atoms with Crippen LogP contribution in [0.4, 0.5) is 0 Å². The molecule has 0 saturated carbocycles. The fraction of sp³-hybridized carbons (Fsp3) is 0.833. The van der Waals surface area contributed by atoms with E-state index in [1.54, 1.807) is 6.33 Å². The standard InChI is InChI=1S/C12H25N3Si/c1-10(2)16(11(3)4,12(5)6)9-15-8-13-7-14-15/h7-8,10-12H,9H2,1-6H3. The van der Waals surface area contributed by atoms with E-state index in [-0.39, 0.29) is 0 Å². The molecule has 0 atom stereocenters. The lowest BCUT2D eigenvalue weighted by molar-refractivity contribution is 0.663. The second kappa shape index (κ2) is 5.12. The first-order valence-electron chi connectivity index (χ1n) is 6.23. The second-order valence-electron chi connectivity index (χ2n) is 5.67. The third-order valence-corrected chi connectivity index (χ3v) is 11.4. The molecular weight excluding hydrogens is 214 g/mol. The summed E-state index contributed by atoms with van der Waals surface area (Å²) in [5, 5.41) is 4.29. The first kappa shape index (κ1) is 13.4. The predicted octanol–water partition coefficient (Wildman–Crippen LogP) is 3.50. The molecule has 0 saturated heterocycles. The zero-order chi connectivity index (χ0) is 12.3. The molecule has 1 rings (SSSR count). The minimum atomic E-state index is -1.37. The summed E-state index contributed by atoms with van der Waals surface area (Å²) in [5.74, 6) is 0. The Labute approximate surface area is 100 Å².